The van der Waals surface area contributed by atoms with Crippen LogP contribution in [-0.4, -0.2) is 48.2 Å². The van der Waals surface area contributed by atoms with Gasteiger partial charge in [0.15, 0.2) is 0 Å². The molecule has 0 aliphatic carbocycles. The molecule has 0 bridgehead atoms. The number of amides is 1. The molecule has 0 aromatic rings. The molecule has 1 amide bonds. The average Bonchev–Trinajstić information content (AvgIpc) is 2.16. The maximum absolute atomic E-state index is 10.7. The second-order valence-corrected chi connectivity index (χ2v) is 4.53. The fourth-order valence-electron chi connectivity index (χ4n) is 2.03. The van der Waals surface area contributed by atoms with Gasteiger partial charge in [0.1, 0.15) is 0 Å². The van der Waals surface area contributed by atoms with Crippen molar-refractivity contribution in [1.82, 2.24) is 10.2 Å². The molecule has 88 valence electrons. The highest BCUT2D eigenvalue weighted by Crippen LogP contribution is 2.16. The van der Waals surface area contributed by atoms with E-state index >= 15 is 0 Å². The Kier molecular flexibility index (Phi) is 5.05. The molecule has 0 unspecified atom stereocenters. The summed E-state index contributed by atoms with van der Waals surface area (Å²) in [5.41, 5.74) is 0. The first-order valence-electron chi connectivity index (χ1n) is 5.72. The Balaban J connectivity index is 2.15. The van der Waals surface area contributed by atoms with Crippen molar-refractivity contribution in [1.29, 1.82) is 0 Å². The summed E-state index contributed by atoms with van der Waals surface area (Å²) in [6, 6.07) is 0. The van der Waals surface area contributed by atoms with Crippen LogP contribution in [0, 0.1) is 5.92 Å². The normalized spacial score (nSPS) is 21.3. The Morgan fingerprint density at radius 3 is 2.60 bits per heavy atom. The molecule has 0 aromatic carbocycles. The topological polar surface area (TPSA) is 52.6 Å². The van der Waals surface area contributed by atoms with E-state index in [1.807, 2.05) is 6.92 Å². The van der Waals surface area contributed by atoms with E-state index < -0.39 is 0 Å². The van der Waals surface area contributed by atoms with E-state index in [0.717, 1.165) is 39.0 Å². The Bertz CT molecular complexity index is 199. The third-order valence-electron chi connectivity index (χ3n) is 2.87. The van der Waals surface area contributed by atoms with E-state index in [4.69, 9.17) is 0 Å². The number of carbonyl (C=O) groups is 1. The highest BCUT2D eigenvalue weighted by Gasteiger charge is 2.19. The molecule has 1 heterocycles. The van der Waals surface area contributed by atoms with E-state index in [-0.39, 0.29) is 12.0 Å². The van der Waals surface area contributed by atoms with Gasteiger partial charge in [-0.05, 0) is 38.8 Å². The van der Waals surface area contributed by atoms with Crippen LogP contribution in [0.4, 0.5) is 0 Å². The highest BCUT2D eigenvalue weighted by molar-refractivity contribution is 5.72. The van der Waals surface area contributed by atoms with Crippen LogP contribution in [0.15, 0.2) is 0 Å². The van der Waals surface area contributed by atoms with Gasteiger partial charge >= 0.3 is 0 Å². The van der Waals surface area contributed by atoms with Crippen molar-refractivity contribution in [2.24, 2.45) is 5.92 Å². The number of aliphatic hydroxyl groups excluding tert-OH is 1. The summed E-state index contributed by atoms with van der Waals surface area (Å²) in [5, 5.41) is 12.1. The van der Waals surface area contributed by atoms with Gasteiger partial charge in [0.05, 0.1) is 6.10 Å². The zero-order chi connectivity index (χ0) is 11.3. The SMILES string of the molecule is CC(=O)NCC1CCN(C[C@@H](C)O)CC1. The molecule has 0 radical (unpaired) electrons. The summed E-state index contributed by atoms with van der Waals surface area (Å²) >= 11 is 0. The minimum atomic E-state index is -0.239. The van der Waals surface area contributed by atoms with E-state index in [0.29, 0.717) is 5.92 Å². The molecule has 0 saturated carbocycles. The van der Waals surface area contributed by atoms with Gasteiger partial charge in [-0.25, -0.2) is 0 Å². The molecule has 1 aliphatic rings. The molecule has 0 spiro atoms. The van der Waals surface area contributed by atoms with Crippen molar-refractivity contribution >= 4 is 5.91 Å². The third kappa shape index (κ3) is 5.14. The predicted octanol–water partition coefficient (Wildman–Crippen LogP) is 0.215. The van der Waals surface area contributed by atoms with Crippen molar-refractivity contribution in [3.05, 3.63) is 0 Å². The monoisotopic (exact) mass is 214 g/mol. The zero-order valence-electron chi connectivity index (χ0n) is 9.70. The fraction of sp³-hybridized carbons (Fsp3) is 0.909. The quantitative estimate of drug-likeness (QED) is 0.703. The number of hydrogen-bond donors (Lipinski definition) is 2. The first-order chi connectivity index (χ1) is 7.08. The van der Waals surface area contributed by atoms with Gasteiger partial charge in [-0.15, -0.1) is 0 Å². The van der Waals surface area contributed by atoms with Crippen LogP contribution in [0.25, 0.3) is 0 Å². The Labute approximate surface area is 91.6 Å². The number of nitrogens with zero attached hydrogens (tertiary/aromatic N) is 1. The molecule has 4 nitrogen and oxygen atoms in total. The Hall–Kier alpha value is -0.610. The number of rotatable bonds is 4. The molecule has 1 aliphatic heterocycles. The van der Waals surface area contributed by atoms with Gasteiger partial charge in [-0.1, -0.05) is 0 Å². The summed E-state index contributed by atoms with van der Waals surface area (Å²) in [6.45, 7) is 7.03. The van der Waals surface area contributed by atoms with E-state index in [9.17, 15) is 9.90 Å². The zero-order valence-corrected chi connectivity index (χ0v) is 9.70. The standard InChI is InChI=1S/C11H22N2O2/c1-9(14)8-13-5-3-11(4-6-13)7-12-10(2)15/h9,11,14H,3-8H2,1-2H3,(H,12,15)/t9-/m1/s1. The summed E-state index contributed by atoms with van der Waals surface area (Å²) in [7, 11) is 0. The van der Waals surface area contributed by atoms with Crippen LogP contribution in [-0.2, 0) is 4.79 Å². The molecule has 4 heteroatoms. The van der Waals surface area contributed by atoms with Gasteiger partial charge in [0.25, 0.3) is 0 Å². The number of piperidine rings is 1. The number of β-amino-alcohol motifs (C(OH)–C–C–N with tert-alkyl or cyclic N) is 1. The van der Waals surface area contributed by atoms with E-state index in [1.54, 1.807) is 6.92 Å². The molecule has 1 fully saturated rings. The largest absolute Gasteiger partial charge is 0.392 e. The fourth-order valence-corrected chi connectivity index (χ4v) is 2.03. The number of carbonyl (C=O) groups excluding carboxylic acids is 1. The second-order valence-electron chi connectivity index (χ2n) is 4.53. The van der Waals surface area contributed by atoms with Crippen molar-refractivity contribution in [2.75, 3.05) is 26.2 Å². The van der Waals surface area contributed by atoms with Crippen LogP contribution in [0.5, 0.6) is 0 Å². The number of likely N-dealkylation sites (tertiary alicyclic amines) is 1. The van der Waals surface area contributed by atoms with Gasteiger partial charge < -0.3 is 15.3 Å². The molecule has 1 rings (SSSR count). The maximum Gasteiger partial charge on any atom is 0.216 e. The minimum Gasteiger partial charge on any atom is -0.392 e. The lowest BCUT2D eigenvalue weighted by Crippen LogP contribution is -2.40. The van der Waals surface area contributed by atoms with Crippen LogP contribution in [0.2, 0.25) is 0 Å². The number of aliphatic hydroxyl groups is 1. The molecular formula is C11H22N2O2. The van der Waals surface area contributed by atoms with Crippen molar-refractivity contribution in [2.45, 2.75) is 32.8 Å². The van der Waals surface area contributed by atoms with Gasteiger partial charge in [-0.3, -0.25) is 4.79 Å². The second kappa shape index (κ2) is 6.08. The highest BCUT2D eigenvalue weighted by atomic mass is 16.3. The molecule has 1 atom stereocenters. The van der Waals surface area contributed by atoms with Crippen molar-refractivity contribution in [3.63, 3.8) is 0 Å². The minimum absolute atomic E-state index is 0.0569. The van der Waals surface area contributed by atoms with Crippen LogP contribution in [0.1, 0.15) is 26.7 Å². The summed E-state index contributed by atoms with van der Waals surface area (Å²) in [4.78, 5) is 13.0. The lowest BCUT2D eigenvalue weighted by Gasteiger charge is -2.32. The number of hydrogen-bond acceptors (Lipinski definition) is 3. The summed E-state index contributed by atoms with van der Waals surface area (Å²) in [6.07, 6.45) is 2.00. The Morgan fingerprint density at radius 2 is 2.13 bits per heavy atom. The third-order valence-corrected chi connectivity index (χ3v) is 2.87. The number of nitrogens with one attached hydrogen (secondary N) is 1. The lowest BCUT2D eigenvalue weighted by atomic mass is 9.96. The first-order valence-corrected chi connectivity index (χ1v) is 5.72. The molecule has 15 heavy (non-hydrogen) atoms. The van der Waals surface area contributed by atoms with E-state index in [2.05, 4.69) is 10.2 Å². The first kappa shape index (κ1) is 12.5. The molecular weight excluding hydrogens is 192 g/mol. The molecule has 2 N–H and O–H groups in total. The summed E-state index contributed by atoms with van der Waals surface area (Å²) < 4.78 is 0. The summed E-state index contributed by atoms with van der Waals surface area (Å²) in [5.74, 6) is 0.667. The average molecular weight is 214 g/mol. The predicted molar refractivity (Wildman–Crippen MR) is 59.5 cm³/mol. The van der Waals surface area contributed by atoms with Gasteiger partial charge in [-0.2, -0.15) is 0 Å². The molecule has 0 aromatic heterocycles. The Morgan fingerprint density at radius 1 is 1.53 bits per heavy atom. The van der Waals surface area contributed by atoms with E-state index in [1.165, 1.54) is 0 Å². The van der Waals surface area contributed by atoms with Crippen molar-refractivity contribution in [3.8, 4) is 0 Å². The van der Waals surface area contributed by atoms with Gasteiger partial charge in [0.2, 0.25) is 5.91 Å². The van der Waals surface area contributed by atoms with Crippen molar-refractivity contribution < 1.29 is 9.90 Å². The lowest BCUT2D eigenvalue weighted by molar-refractivity contribution is -0.119. The van der Waals surface area contributed by atoms with Crippen LogP contribution >= 0.6 is 0 Å². The maximum atomic E-state index is 10.7. The van der Waals surface area contributed by atoms with Crippen LogP contribution < -0.4 is 5.32 Å². The van der Waals surface area contributed by atoms with Gasteiger partial charge in [0, 0.05) is 20.0 Å². The molecule has 1 saturated heterocycles. The smallest absolute Gasteiger partial charge is 0.216 e. The van der Waals surface area contributed by atoms with Crippen LogP contribution in [0.3, 0.4) is 0 Å².